The van der Waals surface area contributed by atoms with E-state index in [-0.39, 0.29) is 1.43 Å². The molecule has 0 aliphatic rings. The molecule has 0 unspecified atom stereocenters. The summed E-state index contributed by atoms with van der Waals surface area (Å²) in [5, 5.41) is 3.44. The van der Waals surface area contributed by atoms with Gasteiger partial charge < -0.3 is 5.32 Å². The van der Waals surface area contributed by atoms with E-state index in [0.717, 1.165) is 0 Å². The maximum atomic E-state index is 3.44. The molecule has 0 fully saturated rings. The van der Waals surface area contributed by atoms with Gasteiger partial charge in [0, 0.05) is 7.47 Å². The predicted molar refractivity (Wildman–Crippen MR) is 63.2 cm³/mol. The van der Waals surface area contributed by atoms with Gasteiger partial charge in [0.05, 0.1) is 0 Å². The topological polar surface area (TPSA) is 12.0 Å². The molecule has 0 heterocycles. The first-order valence-electron chi connectivity index (χ1n) is 5.65. The van der Waals surface area contributed by atoms with Crippen molar-refractivity contribution in [2.75, 3.05) is 6.54 Å². The zero-order valence-electron chi connectivity index (χ0n) is 10.1. The van der Waals surface area contributed by atoms with Crippen LogP contribution in [0.15, 0.2) is 0 Å². The zero-order chi connectivity index (χ0) is 10.3. The van der Waals surface area contributed by atoms with E-state index in [1.807, 2.05) is 0 Å². The highest BCUT2D eigenvalue weighted by Gasteiger charge is 2.08. The minimum Gasteiger partial charge on any atom is -0.315 e. The number of rotatable bonds is 6. The van der Waals surface area contributed by atoms with Gasteiger partial charge in [-0.1, -0.05) is 47.5 Å². The van der Waals surface area contributed by atoms with Gasteiger partial charge in [-0.3, -0.25) is 0 Å². The van der Waals surface area contributed by atoms with E-state index in [2.05, 4.69) is 39.9 Å². The van der Waals surface area contributed by atoms with Crippen molar-refractivity contribution in [1.82, 2.24) is 5.32 Å². The first kappa shape index (κ1) is 13.0. The van der Waals surface area contributed by atoms with Crippen LogP contribution < -0.4 is 5.32 Å². The summed E-state index contributed by atoms with van der Waals surface area (Å²) in [6.07, 6.45) is 5.43. The average molecular weight is 187 g/mol. The molecule has 0 aliphatic carbocycles. The molecule has 13 heavy (non-hydrogen) atoms. The highest BCUT2D eigenvalue weighted by atomic mass is 14.9. The monoisotopic (exact) mass is 187 g/mol. The molecule has 0 aromatic carbocycles. The molecule has 0 rings (SSSR count). The molecule has 1 heteroatoms. The van der Waals surface area contributed by atoms with Crippen LogP contribution in [-0.4, -0.2) is 12.6 Å². The molecule has 0 amide bonds. The Morgan fingerprint density at radius 2 is 1.69 bits per heavy atom. The normalized spacial score (nSPS) is 12.5. The fourth-order valence-corrected chi connectivity index (χ4v) is 1.35. The molecule has 0 bridgehead atoms. The van der Waals surface area contributed by atoms with E-state index in [1.165, 1.54) is 32.2 Å². The van der Waals surface area contributed by atoms with E-state index in [9.17, 15) is 0 Å². The molecule has 0 radical (unpaired) electrons. The van der Waals surface area contributed by atoms with Gasteiger partial charge in [-0.25, -0.2) is 0 Å². The summed E-state index contributed by atoms with van der Waals surface area (Å²) in [5.74, 6) is 0. The van der Waals surface area contributed by atoms with Crippen molar-refractivity contribution in [3.63, 3.8) is 0 Å². The molecule has 0 aliphatic heterocycles. The summed E-state index contributed by atoms with van der Waals surface area (Å²) in [7, 11) is 0. The fraction of sp³-hybridized carbons (Fsp3) is 1.00. The van der Waals surface area contributed by atoms with Gasteiger partial charge in [-0.05, 0) is 24.8 Å². The second-order valence-electron chi connectivity index (χ2n) is 5.48. The minimum absolute atomic E-state index is 0. The fourth-order valence-electron chi connectivity index (χ4n) is 1.35. The summed E-state index contributed by atoms with van der Waals surface area (Å²) < 4.78 is 0. The van der Waals surface area contributed by atoms with Crippen molar-refractivity contribution in [3.8, 4) is 0 Å². The third-order valence-electron chi connectivity index (χ3n) is 2.16. The standard InChI is InChI=1S/C12H27N.H2/c1-11(2)13-10-8-6-7-9-12(3,4)5;/h11,13H,6-10H2,1-5H3;1H. The molecule has 82 valence electrons. The summed E-state index contributed by atoms with van der Waals surface area (Å²) in [4.78, 5) is 0. The Labute approximate surface area is 85.8 Å². The van der Waals surface area contributed by atoms with E-state index in [0.29, 0.717) is 11.5 Å². The van der Waals surface area contributed by atoms with Crippen molar-refractivity contribution in [2.24, 2.45) is 5.41 Å². The maximum absolute atomic E-state index is 3.44. The van der Waals surface area contributed by atoms with Crippen LogP contribution in [0.2, 0.25) is 0 Å². The van der Waals surface area contributed by atoms with Crippen LogP contribution in [0.4, 0.5) is 0 Å². The lowest BCUT2D eigenvalue weighted by atomic mass is 9.89. The van der Waals surface area contributed by atoms with Gasteiger partial charge in [0.2, 0.25) is 0 Å². The number of nitrogens with one attached hydrogen (secondary N) is 1. The molecule has 0 aromatic heterocycles. The molecule has 1 nitrogen and oxygen atoms in total. The van der Waals surface area contributed by atoms with Crippen LogP contribution in [0, 0.1) is 5.41 Å². The number of unbranched alkanes of at least 4 members (excludes halogenated alkanes) is 2. The molecule has 0 saturated heterocycles. The van der Waals surface area contributed by atoms with Gasteiger partial charge in [0.1, 0.15) is 0 Å². The van der Waals surface area contributed by atoms with Gasteiger partial charge in [-0.2, -0.15) is 0 Å². The third kappa shape index (κ3) is 12.0. The molecular formula is C12H29N. The Kier molecular flexibility index (Phi) is 6.40. The Morgan fingerprint density at radius 3 is 2.15 bits per heavy atom. The van der Waals surface area contributed by atoms with Crippen molar-refractivity contribution in [3.05, 3.63) is 0 Å². The molecule has 0 atom stereocenters. The number of hydrogen-bond acceptors (Lipinski definition) is 1. The summed E-state index contributed by atoms with van der Waals surface area (Å²) in [5.41, 5.74) is 0.519. The Bertz CT molecular complexity index is 116. The second-order valence-corrected chi connectivity index (χ2v) is 5.48. The van der Waals surface area contributed by atoms with Crippen LogP contribution in [0.1, 0.15) is 61.7 Å². The molecule has 0 saturated carbocycles. The van der Waals surface area contributed by atoms with E-state index >= 15 is 0 Å². The Balaban J connectivity index is 0. The highest BCUT2D eigenvalue weighted by molar-refractivity contribution is 4.61. The highest BCUT2D eigenvalue weighted by Crippen LogP contribution is 2.21. The molecular weight excluding hydrogens is 158 g/mol. The zero-order valence-corrected chi connectivity index (χ0v) is 10.1. The summed E-state index contributed by atoms with van der Waals surface area (Å²) >= 11 is 0. The Morgan fingerprint density at radius 1 is 1.08 bits per heavy atom. The lowest BCUT2D eigenvalue weighted by Crippen LogP contribution is -2.23. The first-order valence-corrected chi connectivity index (χ1v) is 5.65. The van der Waals surface area contributed by atoms with Crippen LogP contribution >= 0.6 is 0 Å². The van der Waals surface area contributed by atoms with E-state index in [4.69, 9.17) is 0 Å². The average Bonchev–Trinajstić information content (AvgIpc) is 1.93. The van der Waals surface area contributed by atoms with Crippen molar-refractivity contribution in [2.45, 2.75) is 66.3 Å². The van der Waals surface area contributed by atoms with Gasteiger partial charge in [0.15, 0.2) is 0 Å². The van der Waals surface area contributed by atoms with Gasteiger partial charge in [0.25, 0.3) is 0 Å². The van der Waals surface area contributed by atoms with Gasteiger partial charge >= 0.3 is 0 Å². The Hall–Kier alpha value is -0.0400. The maximum Gasteiger partial charge on any atom is 0.00103 e. The first-order chi connectivity index (χ1) is 5.92. The van der Waals surface area contributed by atoms with Crippen LogP contribution in [0.5, 0.6) is 0 Å². The van der Waals surface area contributed by atoms with Gasteiger partial charge in [-0.15, -0.1) is 0 Å². The SMILES string of the molecule is CC(C)NCCCCCC(C)(C)C.[HH]. The smallest absolute Gasteiger partial charge is 0.00103 e. The summed E-state index contributed by atoms with van der Waals surface area (Å²) in [6, 6.07) is 0.641. The number of hydrogen-bond donors (Lipinski definition) is 1. The van der Waals surface area contributed by atoms with Crippen molar-refractivity contribution >= 4 is 0 Å². The van der Waals surface area contributed by atoms with Crippen LogP contribution in [0.25, 0.3) is 0 Å². The lowest BCUT2D eigenvalue weighted by molar-refractivity contribution is 0.356. The van der Waals surface area contributed by atoms with E-state index in [1.54, 1.807) is 0 Å². The largest absolute Gasteiger partial charge is 0.315 e. The molecule has 0 aromatic rings. The van der Waals surface area contributed by atoms with Crippen LogP contribution in [0.3, 0.4) is 0 Å². The van der Waals surface area contributed by atoms with Crippen molar-refractivity contribution in [1.29, 1.82) is 0 Å². The van der Waals surface area contributed by atoms with Crippen molar-refractivity contribution < 1.29 is 1.43 Å². The molecule has 0 spiro atoms. The molecule has 1 N–H and O–H groups in total. The second kappa shape index (κ2) is 6.42. The van der Waals surface area contributed by atoms with E-state index < -0.39 is 0 Å². The quantitative estimate of drug-likeness (QED) is 0.623. The van der Waals surface area contributed by atoms with Crippen LogP contribution in [-0.2, 0) is 0 Å². The predicted octanol–water partition coefficient (Wildman–Crippen LogP) is 3.84. The third-order valence-corrected chi connectivity index (χ3v) is 2.16. The lowest BCUT2D eigenvalue weighted by Gasteiger charge is -2.17. The summed E-state index contributed by atoms with van der Waals surface area (Å²) in [6.45, 7) is 12.5. The minimum atomic E-state index is 0.